The molecule has 2 aromatic carbocycles. The van der Waals surface area contributed by atoms with Crippen LogP contribution in [0.25, 0.3) is 0 Å². The Balaban J connectivity index is 1.82. The molecule has 1 N–H and O–H groups in total. The van der Waals surface area contributed by atoms with Gasteiger partial charge in [-0.2, -0.15) is 0 Å². The van der Waals surface area contributed by atoms with Crippen LogP contribution in [-0.4, -0.2) is 25.6 Å². The molecule has 5 heteroatoms. The van der Waals surface area contributed by atoms with Crippen LogP contribution in [0, 0.1) is 13.8 Å². The third-order valence-electron chi connectivity index (χ3n) is 3.54. The van der Waals surface area contributed by atoms with Crippen LogP contribution in [0.4, 0.5) is 5.69 Å². The van der Waals surface area contributed by atoms with E-state index in [4.69, 9.17) is 9.47 Å². The van der Waals surface area contributed by atoms with Gasteiger partial charge < -0.3 is 14.8 Å². The van der Waals surface area contributed by atoms with Crippen LogP contribution in [0.3, 0.4) is 0 Å². The molecule has 2 rings (SSSR count). The fourth-order valence-corrected chi connectivity index (χ4v) is 2.16. The summed E-state index contributed by atoms with van der Waals surface area (Å²) in [6.07, 6.45) is 0.112. The Morgan fingerprint density at radius 2 is 1.75 bits per heavy atom. The van der Waals surface area contributed by atoms with E-state index >= 15 is 0 Å². The first-order chi connectivity index (χ1) is 11.5. The topological polar surface area (TPSA) is 64.6 Å². The Kier molecular flexibility index (Phi) is 5.95. The summed E-state index contributed by atoms with van der Waals surface area (Å²) in [4.78, 5) is 23.7. The van der Waals surface area contributed by atoms with Gasteiger partial charge in [0.2, 0.25) is 0 Å². The molecule has 126 valence electrons. The summed E-state index contributed by atoms with van der Waals surface area (Å²) in [6.45, 7) is 3.55. The molecule has 0 aliphatic carbocycles. The molecule has 0 fully saturated rings. The van der Waals surface area contributed by atoms with E-state index in [-0.39, 0.29) is 18.9 Å². The van der Waals surface area contributed by atoms with E-state index in [0.29, 0.717) is 0 Å². The van der Waals surface area contributed by atoms with Crippen molar-refractivity contribution < 1.29 is 19.1 Å². The van der Waals surface area contributed by atoms with Gasteiger partial charge in [0.15, 0.2) is 6.61 Å². The number of ether oxygens (including phenoxy) is 2. The number of anilines is 1. The lowest BCUT2D eigenvalue weighted by Crippen LogP contribution is -2.22. The standard InChI is InChI=1S/C19H21NO4/c1-13-4-5-14(2)17(10-13)20-18(21)12-24-19(22)11-15-6-8-16(23-3)9-7-15/h4-10H,11-12H2,1-3H3,(H,20,21). The summed E-state index contributed by atoms with van der Waals surface area (Å²) < 4.78 is 10.1. The van der Waals surface area contributed by atoms with E-state index in [2.05, 4.69) is 5.32 Å². The second-order valence-electron chi connectivity index (χ2n) is 5.55. The number of esters is 1. The van der Waals surface area contributed by atoms with Gasteiger partial charge >= 0.3 is 5.97 Å². The minimum absolute atomic E-state index is 0.112. The van der Waals surface area contributed by atoms with E-state index in [1.54, 1.807) is 31.4 Å². The molecule has 0 heterocycles. The Morgan fingerprint density at radius 3 is 2.42 bits per heavy atom. The molecule has 0 saturated heterocycles. The minimum Gasteiger partial charge on any atom is -0.497 e. The summed E-state index contributed by atoms with van der Waals surface area (Å²) >= 11 is 0. The van der Waals surface area contributed by atoms with E-state index in [9.17, 15) is 9.59 Å². The number of hydrogen-bond donors (Lipinski definition) is 1. The van der Waals surface area contributed by atoms with Crippen LogP contribution in [0.2, 0.25) is 0 Å². The number of carbonyl (C=O) groups excluding carboxylic acids is 2. The van der Waals surface area contributed by atoms with E-state index in [1.807, 2.05) is 32.0 Å². The first-order valence-corrected chi connectivity index (χ1v) is 7.63. The van der Waals surface area contributed by atoms with Gasteiger partial charge in [-0.05, 0) is 48.7 Å². The molecule has 0 atom stereocenters. The lowest BCUT2D eigenvalue weighted by atomic mass is 10.1. The minimum atomic E-state index is -0.448. The summed E-state index contributed by atoms with van der Waals surface area (Å²) in [5.74, 6) is -0.0805. The van der Waals surface area contributed by atoms with Gasteiger partial charge in [-0.15, -0.1) is 0 Å². The maximum absolute atomic E-state index is 11.9. The van der Waals surface area contributed by atoms with Crippen LogP contribution in [0.1, 0.15) is 16.7 Å². The lowest BCUT2D eigenvalue weighted by Gasteiger charge is -2.10. The number of rotatable bonds is 6. The molecule has 0 bridgehead atoms. The predicted molar refractivity (Wildman–Crippen MR) is 92.2 cm³/mol. The molecule has 2 aromatic rings. The largest absolute Gasteiger partial charge is 0.497 e. The molecule has 0 spiro atoms. The average Bonchev–Trinajstić information content (AvgIpc) is 2.57. The Morgan fingerprint density at radius 1 is 1.04 bits per heavy atom. The van der Waals surface area contributed by atoms with Gasteiger partial charge in [0.25, 0.3) is 5.91 Å². The number of aryl methyl sites for hydroxylation is 2. The van der Waals surface area contributed by atoms with Crippen molar-refractivity contribution in [2.75, 3.05) is 19.0 Å². The van der Waals surface area contributed by atoms with Crippen LogP contribution in [0.5, 0.6) is 5.75 Å². The van der Waals surface area contributed by atoms with Gasteiger partial charge in [0, 0.05) is 5.69 Å². The second-order valence-corrected chi connectivity index (χ2v) is 5.55. The van der Waals surface area contributed by atoms with E-state index < -0.39 is 5.97 Å². The Hall–Kier alpha value is -2.82. The highest BCUT2D eigenvalue weighted by atomic mass is 16.5. The number of carbonyl (C=O) groups is 2. The smallest absolute Gasteiger partial charge is 0.310 e. The van der Waals surface area contributed by atoms with Gasteiger partial charge in [0.1, 0.15) is 5.75 Å². The number of methoxy groups -OCH3 is 1. The summed E-state index contributed by atoms with van der Waals surface area (Å²) in [5, 5.41) is 2.75. The monoisotopic (exact) mass is 327 g/mol. The fraction of sp³-hybridized carbons (Fsp3) is 0.263. The van der Waals surface area contributed by atoms with Crippen molar-refractivity contribution in [3.05, 3.63) is 59.2 Å². The molecule has 1 amide bonds. The molecular formula is C19H21NO4. The van der Waals surface area contributed by atoms with E-state index in [1.165, 1.54) is 0 Å². The van der Waals surface area contributed by atoms with Crippen molar-refractivity contribution in [3.63, 3.8) is 0 Å². The van der Waals surface area contributed by atoms with Crippen molar-refractivity contribution in [3.8, 4) is 5.75 Å². The molecule has 24 heavy (non-hydrogen) atoms. The normalized spacial score (nSPS) is 10.1. The number of amides is 1. The summed E-state index contributed by atoms with van der Waals surface area (Å²) in [6, 6.07) is 12.9. The van der Waals surface area contributed by atoms with Crippen LogP contribution in [0.15, 0.2) is 42.5 Å². The molecule has 0 aromatic heterocycles. The number of hydrogen-bond acceptors (Lipinski definition) is 4. The first-order valence-electron chi connectivity index (χ1n) is 7.63. The van der Waals surface area contributed by atoms with Crippen molar-refractivity contribution in [2.24, 2.45) is 0 Å². The molecular weight excluding hydrogens is 306 g/mol. The van der Waals surface area contributed by atoms with Crippen LogP contribution < -0.4 is 10.1 Å². The fourth-order valence-electron chi connectivity index (χ4n) is 2.16. The summed E-state index contributed by atoms with van der Waals surface area (Å²) in [7, 11) is 1.58. The molecule has 0 aliphatic heterocycles. The lowest BCUT2D eigenvalue weighted by molar-refractivity contribution is -0.146. The average molecular weight is 327 g/mol. The predicted octanol–water partition coefficient (Wildman–Crippen LogP) is 3.04. The van der Waals surface area contributed by atoms with Gasteiger partial charge in [0.05, 0.1) is 13.5 Å². The van der Waals surface area contributed by atoms with Crippen molar-refractivity contribution in [2.45, 2.75) is 20.3 Å². The van der Waals surface area contributed by atoms with E-state index in [0.717, 1.165) is 28.1 Å². The highest BCUT2D eigenvalue weighted by Crippen LogP contribution is 2.16. The third kappa shape index (κ3) is 5.12. The molecule has 5 nitrogen and oxygen atoms in total. The van der Waals surface area contributed by atoms with Gasteiger partial charge in [-0.25, -0.2) is 0 Å². The van der Waals surface area contributed by atoms with Crippen molar-refractivity contribution in [1.29, 1.82) is 0 Å². The maximum Gasteiger partial charge on any atom is 0.310 e. The molecule has 0 aliphatic rings. The zero-order valence-electron chi connectivity index (χ0n) is 14.1. The highest BCUT2D eigenvalue weighted by Gasteiger charge is 2.10. The molecule has 0 saturated carbocycles. The third-order valence-corrected chi connectivity index (χ3v) is 3.54. The van der Waals surface area contributed by atoms with Gasteiger partial charge in [-0.3, -0.25) is 9.59 Å². The molecule has 0 radical (unpaired) electrons. The molecule has 0 unspecified atom stereocenters. The van der Waals surface area contributed by atoms with Crippen LogP contribution >= 0.6 is 0 Å². The van der Waals surface area contributed by atoms with Crippen LogP contribution in [-0.2, 0) is 20.7 Å². The first kappa shape index (κ1) is 17.5. The SMILES string of the molecule is COc1ccc(CC(=O)OCC(=O)Nc2cc(C)ccc2C)cc1. The number of nitrogens with one attached hydrogen (secondary N) is 1. The van der Waals surface area contributed by atoms with Gasteiger partial charge in [-0.1, -0.05) is 24.3 Å². The quantitative estimate of drug-likeness (QED) is 0.828. The second kappa shape index (κ2) is 8.15. The summed E-state index contributed by atoms with van der Waals surface area (Å²) in [5.41, 5.74) is 3.54. The Bertz CT molecular complexity index is 723. The Labute approximate surface area is 141 Å². The zero-order chi connectivity index (χ0) is 17.5. The highest BCUT2D eigenvalue weighted by molar-refractivity contribution is 5.93. The zero-order valence-corrected chi connectivity index (χ0v) is 14.1. The maximum atomic E-state index is 11.9. The van der Waals surface area contributed by atoms with Crippen molar-refractivity contribution in [1.82, 2.24) is 0 Å². The van der Waals surface area contributed by atoms with Crippen molar-refractivity contribution >= 4 is 17.6 Å². The number of benzene rings is 2.